The van der Waals surface area contributed by atoms with Gasteiger partial charge in [0.25, 0.3) is 0 Å². The maximum Gasteiger partial charge on any atom is 0.0962 e. The fraction of sp³-hybridized carbons (Fsp3) is 0.400. The van der Waals surface area contributed by atoms with Crippen LogP contribution < -0.4 is 5.73 Å². The largest absolute Gasteiger partial charge is 0.316 e. The third-order valence-corrected chi connectivity index (χ3v) is 0.586. The molecule has 0 fully saturated rings. The Kier molecular flexibility index (Phi) is 2.99. The van der Waals surface area contributed by atoms with Crippen molar-refractivity contribution in [3.63, 3.8) is 0 Å². The molecule has 2 N–H and O–H groups in total. The maximum absolute atomic E-state index is 8.04. The molecule has 0 aromatic carbocycles. The second kappa shape index (κ2) is 3.38. The molecule has 0 aromatic heterocycles. The van der Waals surface area contributed by atoms with Gasteiger partial charge in [-0.05, 0) is 6.42 Å². The number of nitrogens with two attached hydrogens (primary N) is 1. The fourth-order valence-electron chi connectivity index (χ4n) is 0.232. The first-order valence-electron chi connectivity index (χ1n) is 2.07. The van der Waals surface area contributed by atoms with Crippen molar-refractivity contribution in [3.8, 4) is 6.07 Å². The highest BCUT2D eigenvalue weighted by Gasteiger charge is 1.90. The van der Waals surface area contributed by atoms with Crippen LogP contribution in [0.5, 0.6) is 0 Å². The van der Waals surface area contributed by atoms with Gasteiger partial charge in [-0.25, -0.2) is 0 Å². The summed E-state index contributed by atoms with van der Waals surface area (Å²) in [6, 6.07) is 1.51. The second-order valence-electron chi connectivity index (χ2n) is 1.26. The Morgan fingerprint density at radius 1 is 2.00 bits per heavy atom. The van der Waals surface area contributed by atoms with Gasteiger partial charge in [0, 0.05) is 0 Å². The minimum Gasteiger partial charge on any atom is -0.316 e. The Labute approximate surface area is 43.2 Å². The standard InChI is InChI=1S/C5H8N2/c1-2-3-5(7)4-6/h2,5H,1,3,7H2. The predicted octanol–water partition coefficient (Wildman–Crippen LogP) is 0.413. The summed E-state index contributed by atoms with van der Waals surface area (Å²) >= 11 is 0. The minimum atomic E-state index is -0.363. The molecule has 0 spiro atoms. The van der Waals surface area contributed by atoms with Gasteiger partial charge in [0.1, 0.15) is 0 Å². The van der Waals surface area contributed by atoms with E-state index in [9.17, 15) is 0 Å². The van der Waals surface area contributed by atoms with E-state index in [0.29, 0.717) is 6.42 Å². The monoisotopic (exact) mass is 96.1 g/mol. The van der Waals surface area contributed by atoms with E-state index >= 15 is 0 Å². The first kappa shape index (κ1) is 6.19. The zero-order valence-electron chi connectivity index (χ0n) is 4.09. The average Bonchev–Trinajstić information content (AvgIpc) is 1.68. The van der Waals surface area contributed by atoms with Crippen LogP contribution in [0.2, 0.25) is 0 Å². The molecule has 0 aromatic rings. The van der Waals surface area contributed by atoms with Crippen LogP contribution in [0, 0.1) is 11.3 Å². The fourth-order valence-corrected chi connectivity index (χ4v) is 0.232. The Balaban J connectivity index is 3.21. The van der Waals surface area contributed by atoms with Gasteiger partial charge in [-0.3, -0.25) is 0 Å². The van der Waals surface area contributed by atoms with E-state index in [-0.39, 0.29) is 6.04 Å². The molecule has 1 unspecified atom stereocenters. The van der Waals surface area contributed by atoms with E-state index in [1.807, 2.05) is 6.07 Å². The van der Waals surface area contributed by atoms with E-state index in [2.05, 4.69) is 6.58 Å². The smallest absolute Gasteiger partial charge is 0.0962 e. The van der Waals surface area contributed by atoms with Crippen LogP contribution in [0.4, 0.5) is 0 Å². The SMILES string of the molecule is C=CCC(N)C#N. The van der Waals surface area contributed by atoms with Crippen molar-refractivity contribution < 1.29 is 0 Å². The third-order valence-electron chi connectivity index (χ3n) is 0.586. The van der Waals surface area contributed by atoms with E-state index < -0.39 is 0 Å². The molecule has 38 valence electrons. The highest BCUT2D eigenvalue weighted by atomic mass is 14.6. The highest BCUT2D eigenvalue weighted by molar-refractivity contribution is 4.91. The van der Waals surface area contributed by atoms with Crippen LogP contribution in [0.3, 0.4) is 0 Å². The van der Waals surface area contributed by atoms with Gasteiger partial charge in [-0.1, -0.05) is 6.08 Å². The molecule has 0 aliphatic rings. The third kappa shape index (κ3) is 3.01. The van der Waals surface area contributed by atoms with Gasteiger partial charge in [0.05, 0.1) is 12.1 Å². The molecule has 0 amide bonds. The summed E-state index contributed by atoms with van der Waals surface area (Å²) in [7, 11) is 0. The lowest BCUT2D eigenvalue weighted by Gasteiger charge is -1.90. The lowest BCUT2D eigenvalue weighted by molar-refractivity contribution is 0.849. The normalized spacial score (nSPS) is 12.0. The number of rotatable bonds is 2. The minimum absolute atomic E-state index is 0.363. The van der Waals surface area contributed by atoms with Crippen molar-refractivity contribution in [1.82, 2.24) is 0 Å². The molecule has 0 radical (unpaired) electrons. The predicted molar refractivity (Wildman–Crippen MR) is 28.4 cm³/mol. The lowest BCUT2D eigenvalue weighted by Crippen LogP contribution is -2.15. The zero-order valence-corrected chi connectivity index (χ0v) is 4.09. The van der Waals surface area contributed by atoms with Gasteiger partial charge in [-0.2, -0.15) is 5.26 Å². The Bertz CT molecular complexity index is 90.7. The van der Waals surface area contributed by atoms with Crippen LogP contribution in [-0.4, -0.2) is 6.04 Å². The van der Waals surface area contributed by atoms with Crippen molar-refractivity contribution in [2.75, 3.05) is 0 Å². The van der Waals surface area contributed by atoms with Gasteiger partial charge in [0.2, 0.25) is 0 Å². The molecule has 0 rings (SSSR count). The summed E-state index contributed by atoms with van der Waals surface area (Å²) in [6.07, 6.45) is 2.21. The van der Waals surface area contributed by atoms with Crippen molar-refractivity contribution in [2.24, 2.45) is 5.73 Å². The lowest BCUT2D eigenvalue weighted by atomic mass is 10.2. The van der Waals surface area contributed by atoms with Crippen LogP contribution in [0.25, 0.3) is 0 Å². The Hall–Kier alpha value is -0.810. The van der Waals surface area contributed by atoms with E-state index in [1.165, 1.54) is 0 Å². The molecule has 0 aliphatic heterocycles. The average molecular weight is 96.1 g/mol. The summed E-state index contributed by atoms with van der Waals surface area (Å²) in [4.78, 5) is 0. The Morgan fingerprint density at radius 3 is 2.71 bits per heavy atom. The molecule has 7 heavy (non-hydrogen) atoms. The highest BCUT2D eigenvalue weighted by Crippen LogP contribution is 1.82. The van der Waals surface area contributed by atoms with Crippen molar-refractivity contribution in [3.05, 3.63) is 12.7 Å². The topological polar surface area (TPSA) is 49.8 Å². The molecular formula is C5H8N2. The molecule has 0 saturated heterocycles. The zero-order chi connectivity index (χ0) is 5.70. The van der Waals surface area contributed by atoms with Crippen molar-refractivity contribution >= 4 is 0 Å². The van der Waals surface area contributed by atoms with E-state index in [4.69, 9.17) is 11.0 Å². The summed E-state index contributed by atoms with van der Waals surface area (Å²) in [5.74, 6) is 0. The van der Waals surface area contributed by atoms with Gasteiger partial charge >= 0.3 is 0 Å². The van der Waals surface area contributed by atoms with Crippen molar-refractivity contribution in [2.45, 2.75) is 12.5 Å². The number of hydrogen-bond acceptors (Lipinski definition) is 2. The number of hydrogen-bond donors (Lipinski definition) is 1. The summed E-state index contributed by atoms with van der Waals surface area (Å²) < 4.78 is 0. The number of nitriles is 1. The van der Waals surface area contributed by atoms with Crippen LogP contribution in [0.1, 0.15) is 6.42 Å². The van der Waals surface area contributed by atoms with Crippen LogP contribution >= 0.6 is 0 Å². The molecule has 0 heterocycles. The first-order chi connectivity index (χ1) is 3.31. The quantitative estimate of drug-likeness (QED) is 0.506. The molecular weight excluding hydrogens is 88.1 g/mol. The maximum atomic E-state index is 8.04. The van der Waals surface area contributed by atoms with Crippen molar-refractivity contribution in [1.29, 1.82) is 5.26 Å². The van der Waals surface area contributed by atoms with Gasteiger partial charge in [0.15, 0.2) is 0 Å². The summed E-state index contributed by atoms with van der Waals surface area (Å²) in [5, 5.41) is 8.04. The summed E-state index contributed by atoms with van der Waals surface area (Å²) in [5.41, 5.74) is 5.15. The molecule has 0 aliphatic carbocycles. The molecule has 0 saturated carbocycles. The summed E-state index contributed by atoms with van der Waals surface area (Å²) in [6.45, 7) is 3.42. The van der Waals surface area contributed by atoms with Gasteiger partial charge < -0.3 is 5.73 Å². The van der Waals surface area contributed by atoms with Crippen LogP contribution in [-0.2, 0) is 0 Å². The molecule has 2 nitrogen and oxygen atoms in total. The number of nitrogens with zero attached hydrogens (tertiary/aromatic N) is 1. The Morgan fingerprint density at radius 2 is 2.57 bits per heavy atom. The van der Waals surface area contributed by atoms with Crippen LogP contribution in [0.15, 0.2) is 12.7 Å². The van der Waals surface area contributed by atoms with E-state index in [1.54, 1.807) is 6.08 Å². The van der Waals surface area contributed by atoms with Gasteiger partial charge in [-0.15, -0.1) is 6.58 Å². The molecule has 1 atom stereocenters. The molecule has 0 bridgehead atoms. The molecule has 2 heteroatoms. The second-order valence-corrected chi connectivity index (χ2v) is 1.26. The van der Waals surface area contributed by atoms with E-state index in [0.717, 1.165) is 0 Å². The first-order valence-corrected chi connectivity index (χ1v) is 2.07.